The molecule has 6 heteroatoms. The highest BCUT2D eigenvalue weighted by Gasteiger charge is 2.26. The Hall–Kier alpha value is -2.21. The molecule has 126 valence electrons. The maximum Gasteiger partial charge on any atom is 0.147 e. The van der Waals surface area contributed by atoms with E-state index in [4.69, 9.17) is 4.98 Å². The van der Waals surface area contributed by atoms with Crippen LogP contribution in [0.4, 0.5) is 0 Å². The summed E-state index contributed by atoms with van der Waals surface area (Å²) in [5.74, 6) is 1.86. The third-order valence-electron chi connectivity index (χ3n) is 4.96. The Morgan fingerprint density at radius 3 is 2.79 bits per heavy atom. The molecule has 4 rings (SSSR count). The summed E-state index contributed by atoms with van der Waals surface area (Å²) in [7, 11) is 0. The highest BCUT2D eigenvalue weighted by molar-refractivity contribution is 5.41. The number of aryl methyl sites for hydroxylation is 3. The van der Waals surface area contributed by atoms with Gasteiger partial charge < -0.3 is 4.40 Å². The molecule has 3 aromatic heterocycles. The molecule has 4 heterocycles. The fraction of sp³-hybridized carbons (Fsp3) is 0.500. The predicted molar refractivity (Wildman–Crippen MR) is 92.9 cm³/mol. The summed E-state index contributed by atoms with van der Waals surface area (Å²) in [6.07, 6.45) is 4.62. The molecule has 0 radical (unpaired) electrons. The standard InChI is InChI=1S/C18H24N6/c1-13-6-4-8-18-20-16(11-23(13)18)10-22-9-5-7-17(22)12-24-15(3)19-14(2)21-24/h4,6,8,11,17H,5,7,9-10,12H2,1-3H3/t17-/m0/s1. The summed E-state index contributed by atoms with van der Waals surface area (Å²) in [5.41, 5.74) is 3.39. The van der Waals surface area contributed by atoms with Crippen LogP contribution in [0.5, 0.6) is 0 Å². The number of likely N-dealkylation sites (tertiary alicyclic amines) is 1. The van der Waals surface area contributed by atoms with E-state index in [0.717, 1.165) is 42.6 Å². The number of hydrogen-bond donors (Lipinski definition) is 0. The minimum Gasteiger partial charge on any atom is -0.304 e. The molecule has 6 nitrogen and oxygen atoms in total. The van der Waals surface area contributed by atoms with Crippen molar-refractivity contribution in [3.63, 3.8) is 0 Å². The van der Waals surface area contributed by atoms with Gasteiger partial charge in [-0.2, -0.15) is 5.10 Å². The number of hydrogen-bond acceptors (Lipinski definition) is 4. The number of fused-ring (bicyclic) bond motifs is 1. The van der Waals surface area contributed by atoms with Crippen LogP contribution in [0.1, 0.15) is 35.9 Å². The zero-order valence-corrected chi connectivity index (χ0v) is 14.6. The molecule has 0 aliphatic carbocycles. The lowest BCUT2D eigenvalue weighted by molar-refractivity contribution is 0.216. The van der Waals surface area contributed by atoms with E-state index in [0.29, 0.717) is 6.04 Å². The Kier molecular flexibility index (Phi) is 3.84. The molecule has 0 spiro atoms. The highest BCUT2D eigenvalue weighted by atomic mass is 15.4. The Labute approximate surface area is 142 Å². The molecule has 1 aliphatic heterocycles. The summed E-state index contributed by atoms with van der Waals surface area (Å²) < 4.78 is 4.22. The van der Waals surface area contributed by atoms with Crippen LogP contribution in [-0.2, 0) is 13.1 Å². The SMILES string of the molecule is Cc1nc(C)n(C[C@@H]2CCCN2Cc2cn3c(C)cccc3n2)n1. The molecule has 3 aromatic rings. The van der Waals surface area contributed by atoms with Gasteiger partial charge in [0.25, 0.3) is 0 Å². The molecule has 0 unspecified atom stereocenters. The van der Waals surface area contributed by atoms with E-state index < -0.39 is 0 Å². The topological polar surface area (TPSA) is 51.2 Å². The Bertz CT molecular complexity index is 862. The fourth-order valence-electron chi connectivity index (χ4n) is 3.73. The lowest BCUT2D eigenvalue weighted by atomic mass is 10.2. The Balaban J connectivity index is 1.52. The van der Waals surface area contributed by atoms with Gasteiger partial charge in [-0.15, -0.1) is 0 Å². The molecule has 1 atom stereocenters. The van der Waals surface area contributed by atoms with Crippen LogP contribution >= 0.6 is 0 Å². The van der Waals surface area contributed by atoms with E-state index in [1.165, 1.54) is 18.5 Å². The maximum absolute atomic E-state index is 4.79. The van der Waals surface area contributed by atoms with Crippen molar-refractivity contribution in [3.8, 4) is 0 Å². The molecular formula is C18H24N6. The van der Waals surface area contributed by atoms with Crippen molar-refractivity contribution in [3.05, 3.63) is 47.4 Å². The first kappa shape index (κ1) is 15.3. The second-order valence-corrected chi connectivity index (χ2v) is 6.78. The molecule has 24 heavy (non-hydrogen) atoms. The monoisotopic (exact) mass is 324 g/mol. The van der Waals surface area contributed by atoms with Gasteiger partial charge in [-0.05, 0) is 52.3 Å². The summed E-state index contributed by atoms with van der Waals surface area (Å²) in [6.45, 7) is 9.05. The van der Waals surface area contributed by atoms with Gasteiger partial charge in [0.1, 0.15) is 17.3 Å². The summed E-state index contributed by atoms with van der Waals surface area (Å²) in [6, 6.07) is 6.76. The second-order valence-electron chi connectivity index (χ2n) is 6.78. The van der Waals surface area contributed by atoms with E-state index in [1.807, 2.05) is 18.5 Å². The van der Waals surface area contributed by atoms with E-state index in [9.17, 15) is 0 Å². The molecule has 1 fully saturated rings. The fourth-order valence-corrected chi connectivity index (χ4v) is 3.73. The maximum atomic E-state index is 4.79. The minimum absolute atomic E-state index is 0.510. The zero-order valence-electron chi connectivity index (χ0n) is 14.6. The van der Waals surface area contributed by atoms with E-state index >= 15 is 0 Å². The third kappa shape index (κ3) is 2.82. The van der Waals surface area contributed by atoms with Crippen molar-refractivity contribution in [1.29, 1.82) is 0 Å². The predicted octanol–water partition coefficient (Wildman–Crippen LogP) is 2.52. The Morgan fingerprint density at radius 1 is 1.17 bits per heavy atom. The van der Waals surface area contributed by atoms with Crippen LogP contribution in [0, 0.1) is 20.8 Å². The van der Waals surface area contributed by atoms with Crippen molar-refractivity contribution in [2.45, 2.75) is 52.7 Å². The second kappa shape index (κ2) is 6.02. The van der Waals surface area contributed by atoms with Gasteiger partial charge >= 0.3 is 0 Å². The average Bonchev–Trinajstić information content (AvgIpc) is 3.21. The van der Waals surface area contributed by atoms with Crippen molar-refractivity contribution < 1.29 is 0 Å². The minimum atomic E-state index is 0.510. The van der Waals surface area contributed by atoms with Gasteiger partial charge in [0, 0.05) is 24.5 Å². The van der Waals surface area contributed by atoms with Gasteiger partial charge in [-0.3, -0.25) is 4.90 Å². The molecule has 0 aromatic carbocycles. The Morgan fingerprint density at radius 2 is 2.04 bits per heavy atom. The third-order valence-corrected chi connectivity index (χ3v) is 4.96. The molecule has 0 bridgehead atoms. The highest BCUT2D eigenvalue weighted by Crippen LogP contribution is 2.22. The van der Waals surface area contributed by atoms with Crippen LogP contribution in [0.15, 0.2) is 24.4 Å². The summed E-state index contributed by atoms with van der Waals surface area (Å²) in [5, 5.41) is 4.52. The zero-order chi connectivity index (χ0) is 16.7. The van der Waals surface area contributed by atoms with Crippen molar-refractivity contribution >= 4 is 5.65 Å². The normalized spacial score (nSPS) is 18.7. The van der Waals surface area contributed by atoms with E-state index in [-0.39, 0.29) is 0 Å². The quantitative estimate of drug-likeness (QED) is 0.740. The first-order valence-electron chi connectivity index (χ1n) is 8.66. The van der Waals surface area contributed by atoms with Gasteiger partial charge in [0.2, 0.25) is 0 Å². The largest absolute Gasteiger partial charge is 0.304 e. The van der Waals surface area contributed by atoms with Crippen molar-refractivity contribution in [2.75, 3.05) is 6.54 Å². The lowest BCUT2D eigenvalue weighted by Crippen LogP contribution is -2.33. The summed E-state index contributed by atoms with van der Waals surface area (Å²) >= 11 is 0. The first-order valence-corrected chi connectivity index (χ1v) is 8.66. The van der Waals surface area contributed by atoms with Crippen molar-refractivity contribution in [2.24, 2.45) is 0 Å². The van der Waals surface area contributed by atoms with E-state index in [1.54, 1.807) is 0 Å². The van der Waals surface area contributed by atoms with Gasteiger partial charge in [-0.25, -0.2) is 14.6 Å². The van der Waals surface area contributed by atoms with Crippen LogP contribution in [0.3, 0.4) is 0 Å². The number of imidazole rings is 1. The molecule has 0 N–H and O–H groups in total. The van der Waals surface area contributed by atoms with Crippen LogP contribution in [0.2, 0.25) is 0 Å². The van der Waals surface area contributed by atoms with Gasteiger partial charge in [-0.1, -0.05) is 6.07 Å². The average molecular weight is 324 g/mol. The van der Waals surface area contributed by atoms with Crippen LogP contribution in [-0.4, -0.2) is 41.6 Å². The van der Waals surface area contributed by atoms with Crippen LogP contribution < -0.4 is 0 Å². The molecule has 0 amide bonds. The van der Waals surface area contributed by atoms with Crippen molar-refractivity contribution in [1.82, 2.24) is 29.0 Å². The first-order chi connectivity index (χ1) is 11.6. The van der Waals surface area contributed by atoms with E-state index in [2.05, 4.69) is 50.7 Å². The van der Waals surface area contributed by atoms with Gasteiger partial charge in [0.15, 0.2) is 0 Å². The number of nitrogens with zero attached hydrogens (tertiary/aromatic N) is 6. The lowest BCUT2D eigenvalue weighted by Gasteiger charge is -2.23. The van der Waals surface area contributed by atoms with Crippen LogP contribution in [0.25, 0.3) is 5.65 Å². The van der Waals surface area contributed by atoms with Gasteiger partial charge in [0.05, 0.1) is 12.2 Å². The number of aromatic nitrogens is 5. The number of rotatable bonds is 4. The molecular weight excluding hydrogens is 300 g/mol. The summed E-state index contributed by atoms with van der Waals surface area (Å²) in [4.78, 5) is 11.7. The molecule has 1 aliphatic rings. The number of pyridine rings is 1. The molecule has 1 saturated heterocycles. The molecule has 0 saturated carbocycles. The smallest absolute Gasteiger partial charge is 0.147 e.